The van der Waals surface area contributed by atoms with Crippen molar-refractivity contribution in [2.75, 3.05) is 11.9 Å². The number of para-hydroxylation sites is 2. The minimum atomic E-state index is -0.418. The summed E-state index contributed by atoms with van der Waals surface area (Å²) in [5, 5.41) is 3.08. The molecule has 0 saturated carbocycles. The van der Waals surface area contributed by atoms with Crippen molar-refractivity contribution in [1.82, 2.24) is 9.97 Å². The van der Waals surface area contributed by atoms with Gasteiger partial charge in [0.25, 0.3) is 0 Å². The lowest BCUT2D eigenvalue weighted by atomic mass is 10.2. The van der Waals surface area contributed by atoms with Gasteiger partial charge in [-0.05, 0) is 50.2 Å². The maximum Gasteiger partial charge on any atom is 0.328 e. The first-order valence-corrected chi connectivity index (χ1v) is 8.08. The lowest BCUT2D eigenvalue weighted by Gasteiger charge is -2.14. The Balaban J connectivity index is 1.66. The minimum Gasteiger partial charge on any atom is -0.464 e. The highest BCUT2D eigenvalue weighted by Gasteiger charge is 2.13. The van der Waals surface area contributed by atoms with Crippen LogP contribution < -0.4 is 10.1 Å². The molecule has 0 aliphatic heterocycles. The second-order valence-electron chi connectivity index (χ2n) is 5.44. The predicted molar refractivity (Wildman–Crippen MR) is 95.8 cm³/mol. The van der Waals surface area contributed by atoms with E-state index < -0.39 is 6.04 Å². The standard InChI is InChI=1S/C19H19N3O3/c1-3-24-19(23)13(2)21-14-8-10-15(11-9-14)25-18-12-20-16-6-4-5-7-17(16)22-18/h4-13,21H,3H2,1-2H3. The van der Waals surface area contributed by atoms with E-state index in [4.69, 9.17) is 9.47 Å². The molecular formula is C19H19N3O3. The second-order valence-corrected chi connectivity index (χ2v) is 5.44. The molecule has 0 amide bonds. The molecule has 6 heteroatoms. The zero-order valence-electron chi connectivity index (χ0n) is 14.1. The van der Waals surface area contributed by atoms with Crippen molar-refractivity contribution >= 4 is 22.7 Å². The zero-order chi connectivity index (χ0) is 17.6. The summed E-state index contributed by atoms with van der Waals surface area (Å²) < 4.78 is 10.7. The Morgan fingerprint density at radius 2 is 1.84 bits per heavy atom. The number of esters is 1. The molecule has 128 valence electrons. The van der Waals surface area contributed by atoms with Crippen molar-refractivity contribution in [3.63, 3.8) is 0 Å². The molecule has 1 heterocycles. The summed E-state index contributed by atoms with van der Waals surface area (Å²) in [5.41, 5.74) is 2.40. The molecule has 1 atom stereocenters. The van der Waals surface area contributed by atoms with Gasteiger partial charge in [0, 0.05) is 5.69 Å². The van der Waals surface area contributed by atoms with Gasteiger partial charge < -0.3 is 14.8 Å². The van der Waals surface area contributed by atoms with E-state index in [1.165, 1.54) is 0 Å². The molecule has 1 unspecified atom stereocenters. The first-order chi connectivity index (χ1) is 12.2. The van der Waals surface area contributed by atoms with Crippen LogP contribution in [-0.4, -0.2) is 28.6 Å². The largest absolute Gasteiger partial charge is 0.464 e. The Hall–Kier alpha value is -3.15. The van der Waals surface area contributed by atoms with Crippen molar-refractivity contribution < 1.29 is 14.3 Å². The average Bonchev–Trinajstić information content (AvgIpc) is 2.63. The minimum absolute atomic E-state index is 0.283. The third-order valence-corrected chi connectivity index (χ3v) is 3.53. The van der Waals surface area contributed by atoms with Gasteiger partial charge in [0.2, 0.25) is 5.88 Å². The molecule has 0 fully saturated rings. The third kappa shape index (κ3) is 4.23. The van der Waals surface area contributed by atoms with Crippen LogP contribution in [0.1, 0.15) is 13.8 Å². The summed E-state index contributed by atoms with van der Waals surface area (Å²) in [6.07, 6.45) is 1.59. The number of rotatable bonds is 6. The fourth-order valence-corrected chi connectivity index (χ4v) is 2.31. The van der Waals surface area contributed by atoms with Gasteiger partial charge in [-0.25, -0.2) is 14.8 Å². The number of carbonyl (C=O) groups is 1. The fraction of sp³-hybridized carbons (Fsp3) is 0.211. The van der Waals surface area contributed by atoms with Gasteiger partial charge in [-0.1, -0.05) is 12.1 Å². The van der Waals surface area contributed by atoms with Crippen molar-refractivity contribution in [1.29, 1.82) is 0 Å². The Morgan fingerprint density at radius 1 is 1.12 bits per heavy atom. The Bertz CT molecular complexity index is 865. The highest BCUT2D eigenvalue weighted by Crippen LogP contribution is 2.23. The Labute approximate surface area is 145 Å². The van der Waals surface area contributed by atoms with Crippen molar-refractivity contribution in [3.05, 3.63) is 54.7 Å². The van der Waals surface area contributed by atoms with E-state index in [9.17, 15) is 4.79 Å². The van der Waals surface area contributed by atoms with E-state index in [-0.39, 0.29) is 5.97 Å². The summed E-state index contributed by atoms with van der Waals surface area (Å²) >= 11 is 0. The van der Waals surface area contributed by atoms with E-state index in [2.05, 4.69) is 15.3 Å². The van der Waals surface area contributed by atoms with Gasteiger partial charge in [0.15, 0.2) is 0 Å². The Kier molecular flexibility index (Phi) is 5.09. The van der Waals surface area contributed by atoms with Crippen LogP contribution >= 0.6 is 0 Å². The lowest BCUT2D eigenvalue weighted by molar-refractivity contribution is -0.143. The van der Waals surface area contributed by atoms with Gasteiger partial charge in [-0.2, -0.15) is 0 Å². The SMILES string of the molecule is CCOC(=O)C(C)Nc1ccc(Oc2cnc3ccccc3n2)cc1. The average molecular weight is 337 g/mol. The molecular weight excluding hydrogens is 318 g/mol. The molecule has 0 spiro atoms. The van der Waals surface area contributed by atoms with Crippen LogP contribution in [-0.2, 0) is 9.53 Å². The number of hydrogen-bond donors (Lipinski definition) is 1. The molecule has 0 bridgehead atoms. The van der Waals surface area contributed by atoms with Gasteiger partial charge in [0.1, 0.15) is 11.8 Å². The maximum atomic E-state index is 11.6. The summed E-state index contributed by atoms with van der Waals surface area (Å²) in [5.74, 6) is 0.785. The van der Waals surface area contributed by atoms with Crippen LogP contribution in [0.2, 0.25) is 0 Å². The number of benzene rings is 2. The molecule has 0 aliphatic carbocycles. The number of nitrogens with zero attached hydrogens (tertiary/aromatic N) is 2. The van der Waals surface area contributed by atoms with Crippen molar-refractivity contribution in [3.8, 4) is 11.6 Å². The van der Waals surface area contributed by atoms with E-state index in [1.807, 2.05) is 36.4 Å². The summed E-state index contributed by atoms with van der Waals surface area (Å²) in [6.45, 7) is 3.91. The molecule has 6 nitrogen and oxygen atoms in total. The molecule has 0 aliphatic rings. The highest BCUT2D eigenvalue weighted by molar-refractivity contribution is 5.78. The molecule has 0 saturated heterocycles. The number of nitrogens with one attached hydrogen (secondary N) is 1. The van der Waals surface area contributed by atoms with Crippen LogP contribution in [0.4, 0.5) is 5.69 Å². The van der Waals surface area contributed by atoms with Crippen LogP contribution in [0.25, 0.3) is 11.0 Å². The normalized spacial score (nSPS) is 11.8. The summed E-state index contributed by atoms with van der Waals surface area (Å²) in [6, 6.07) is 14.5. The van der Waals surface area contributed by atoms with E-state index in [0.29, 0.717) is 18.2 Å². The van der Waals surface area contributed by atoms with Crippen LogP contribution in [0.15, 0.2) is 54.7 Å². The van der Waals surface area contributed by atoms with Crippen LogP contribution in [0, 0.1) is 0 Å². The van der Waals surface area contributed by atoms with Crippen molar-refractivity contribution in [2.45, 2.75) is 19.9 Å². The zero-order valence-corrected chi connectivity index (χ0v) is 14.1. The molecule has 2 aromatic carbocycles. The van der Waals surface area contributed by atoms with Gasteiger partial charge in [0.05, 0.1) is 23.8 Å². The maximum absolute atomic E-state index is 11.6. The number of carbonyl (C=O) groups excluding carboxylic acids is 1. The number of ether oxygens (including phenoxy) is 2. The van der Waals surface area contributed by atoms with Crippen LogP contribution in [0.3, 0.4) is 0 Å². The molecule has 25 heavy (non-hydrogen) atoms. The first kappa shape index (κ1) is 16.7. The van der Waals surface area contributed by atoms with Crippen molar-refractivity contribution in [2.24, 2.45) is 0 Å². The van der Waals surface area contributed by atoms with Gasteiger partial charge in [-0.15, -0.1) is 0 Å². The van der Waals surface area contributed by atoms with Gasteiger partial charge >= 0.3 is 5.97 Å². The fourth-order valence-electron chi connectivity index (χ4n) is 2.31. The second kappa shape index (κ2) is 7.61. The number of aromatic nitrogens is 2. The summed E-state index contributed by atoms with van der Waals surface area (Å²) in [4.78, 5) is 20.4. The number of anilines is 1. The first-order valence-electron chi connectivity index (χ1n) is 8.08. The molecule has 0 radical (unpaired) electrons. The third-order valence-electron chi connectivity index (χ3n) is 3.53. The molecule has 3 aromatic rings. The van der Waals surface area contributed by atoms with Crippen LogP contribution in [0.5, 0.6) is 11.6 Å². The van der Waals surface area contributed by atoms with E-state index in [1.54, 1.807) is 32.2 Å². The topological polar surface area (TPSA) is 73.3 Å². The lowest BCUT2D eigenvalue weighted by Crippen LogP contribution is -2.28. The van der Waals surface area contributed by atoms with Gasteiger partial charge in [-0.3, -0.25) is 0 Å². The quantitative estimate of drug-likeness (QED) is 0.690. The highest BCUT2D eigenvalue weighted by atomic mass is 16.5. The molecule has 3 rings (SSSR count). The Morgan fingerprint density at radius 3 is 2.56 bits per heavy atom. The monoisotopic (exact) mass is 337 g/mol. The predicted octanol–water partition coefficient (Wildman–Crippen LogP) is 3.79. The van der Waals surface area contributed by atoms with E-state index >= 15 is 0 Å². The number of fused-ring (bicyclic) bond motifs is 1. The number of hydrogen-bond acceptors (Lipinski definition) is 6. The van der Waals surface area contributed by atoms with E-state index in [0.717, 1.165) is 16.7 Å². The summed E-state index contributed by atoms with van der Waals surface area (Å²) in [7, 11) is 0. The molecule has 1 aromatic heterocycles. The smallest absolute Gasteiger partial charge is 0.328 e. The molecule has 1 N–H and O–H groups in total.